The van der Waals surface area contributed by atoms with Gasteiger partial charge in [-0.3, -0.25) is 4.79 Å². The molecule has 0 aliphatic carbocycles. The third-order valence-corrected chi connectivity index (χ3v) is 6.16. The minimum Gasteiger partial charge on any atom is -0.371 e. The zero-order valence-corrected chi connectivity index (χ0v) is 19.4. The Morgan fingerprint density at radius 1 is 1.09 bits per heavy atom. The molecule has 1 saturated heterocycles. The van der Waals surface area contributed by atoms with Crippen molar-refractivity contribution in [3.05, 3.63) is 65.5 Å². The van der Waals surface area contributed by atoms with Gasteiger partial charge in [-0.05, 0) is 52.7 Å². The molecular formula is C26H32N4O2. The Balaban J connectivity index is 1.46. The SMILES string of the molecule is Cc1ccc(-c2noc(CN(C(=O)[C@H]3CCCN(c4ccc(C)cc4)C3)C(C)C)n2)cc1. The third-order valence-electron chi connectivity index (χ3n) is 6.16. The summed E-state index contributed by atoms with van der Waals surface area (Å²) in [5.74, 6) is 1.15. The molecule has 6 nitrogen and oxygen atoms in total. The van der Waals surface area contributed by atoms with Crippen LogP contribution < -0.4 is 4.90 Å². The van der Waals surface area contributed by atoms with Gasteiger partial charge in [0.25, 0.3) is 0 Å². The standard InChI is InChI=1S/C26H32N4O2/c1-18(2)30(17-24-27-25(28-32-24)21-11-7-19(3)8-12-21)26(31)22-6-5-15-29(16-22)23-13-9-20(4)10-14-23/h7-14,18,22H,5-6,15-17H2,1-4H3/t22-/m0/s1. The molecule has 6 heteroatoms. The Labute approximate surface area is 190 Å². The number of rotatable bonds is 6. The van der Waals surface area contributed by atoms with E-state index < -0.39 is 0 Å². The minimum absolute atomic E-state index is 0.0352. The highest BCUT2D eigenvalue weighted by Crippen LogP contribution is 2.26. The number of aryl methyl sites for hydroxylation is 2. The van der Waals surface area contributed by atoms with Crippen LogP contribution in [0.4, 0.5) is 5.69 Å². The molecule has 4 rings (SSSR count). The van der Waals surface area contributed by atoms with Crippen molar-refractivity contribution < 1.29 is 9.32 Å². The minimum atomic E-state index is -0.0352. The molecule has 0 unspecified atom stereocenters. The molecule has 1 aliphatic rings. The van der Waals surface area contributed by atoms with E-state index in [4.69, 9.17) is 4.52 Å². The molecule has 1 fully saturated rings. The van der Waals surface area contributed by atoms with Crippen LogP contribution in [-0.2, 0) is 11.3 Å². The molecule has 0 bridgehead atoms. The van der Waals surface area contributed by atoms with Crippen molar-refractivity contribution in [3.63, 3.8) is 0 Å². The fraction of sp³-hybridized carbons (Fsp3) is 0.423. The number of hydrogen-bond acceptors (Lipinski definition) is 5. The molecule has 168 valence electrons. The number of nitrogens with zero attached hydrogens (tertiary/aromatic N) is 4. The maximum absolute atomic E-state index is 13.5. The van der Waals surface area contributed by atoms with Crippen molar-refractivity contribution in [1.82, 2.24) is 15.0 Å². The summed E-state index contributed by atoms with van der Waals surface area (Å²) in [7, 11) is 0. The van der Waals surface area contributed by atoms with E-state index in [-0.39, 0.29) is 17.9 Å². The Morgan fingerprint density at radius 3 is 2.41 bits per heavy atom. The topological polar surface area (TPSA) is 62.5 Å². The highest BCUT2D eigenvalue weighted by atomic mass is 16.5. The van der Waals surface area contributed by atoms with Gasteiger partial charge < -0.3 is 14.3 Å². The molecule has 32 heavy (non-hydrogen) atoms. The fourth-order valence-electron chi connectivity index (χ4n) is 4.20. The van der Waals surface area contributed by atoms with E-state index in [9.17, 15) is 4.79 Å². The first-order chi connectivity index (χ1) is 15.4. The number of amides is 1. The van der Waals surface area contributed by atoms with Crippen LogP contribution in [0.2, 0.25) is 0 Å². The van der Waals surface area contributed by atoms with E-state index >= 15 is 0 Å². The van der Waals surface area contributed by atoms with Crippen LogP contribution in [0.5, 0.6) is 0 Å². The van der Waals surface area contributed by atoms with E-state index in [1.54, 1.807) is 0 Å². The lowest BCUT2D eigenvalue weighted by atomic mass is 9.95. The molecule has 0 saturated carbocycles. The van der Waals surface area contributed by atoms with Gasteiger partial charge in [0.05, 0.1) is 5.92 Å². The van der Waals surface area contributed by atoms with Gasteiger partial charge in [-0.2, -0.15) is 4.98 Å². The quantitative estimate of drug-likeness (QED) is 0.548. The molecule has 1 atom stereocenters. The van der Waals surface area contributed by atoms with Gasteiger partial charge in [0.1, 0.15) is 6.54 Å². The first-order valence-corrected chi connectivity index (χ1v) is 11.4. The van der Waals surface area contributed by atoms with Gasteiger partial charge in [-0.1, -0.05) is 52.7 Å². The van der Waals surface area contributed by atoms with E-state index in [0.717, 1.165) is 31.5 Å². The summed E-state index contributed by atoms with van der Waals surface area (Å²) >= 11 is 0. The maximum Gasteiger partial charge on any atom is 0.246 e. The first kappa shape index (κ1) is 22.1. The number of anilines is 1. The molecule has 0 N–H and O–H groups in total. The molecule has 2 heterocycles. The third kappa shape index (κ3) is 5.01. The van der Waals surface area contributed by atoms with Crippen molar-refractivity contribution in [1.29, 1.82) is 0 Å². The van der Waals surface area contributed by atoms with Crippen LogP contribution in [0.25, 0.3) is 11.4 Å². The summed E-state index contributed by atoms with van der Waals surface area (Å²) in [5, 5.41) is 4.13. The number of carbonyl (C=O) groups is 1. The fourth-order valence-corrected chi connectivity index (χ4v) is 4.20. The Bertz CT molecular complexity index is 1040. The summed E-state index contributed by atoms with van der Waals surface area (Å²) in [4.78, 5) is 22.2. The second-order valence-electron chi connectivity index (χ2n) is 9.06. The Kier molecular flexibility index (Phi) is 6.58. The molecule has 1 amide bonds. The van der Waals surface area contributed by atoms with E-state index in [0.29, 0.717) is 18.3 Å². The predicted molar refractivity (Wildman–Crippen MR) is 126 cm³/mol. The highest BCUT2D eigenvalue weighted by Gasteiger charge is 2.31. The van der Waals surface area contributed by atoms with Gasteiger partial charge in [0.2, 0.25) is 17.6 Å². The predicted octanol–water partition coefficient (Wildman–Crippen LogP) is 5.01. The zero-order chi connectivity index (χ0) is 22.7. The molecule has 3 aromatic rings. The van der Waals surface area contributed by atoms with Gasteiger partial charge in [-0.25, -0.2) is 0 Å². The van der Waals surface area contributed by atoms with Crippen molar-refractivity contribution in [2.75, 3.05) is 18.0 Å². The van der Waals surface area contributed by atoms with Crippen LogP contribution in [0.3, 0.4) is 0 Å². The van der Waals surface area contributed by atoms with Crippen LogP contribution in [0.15, 0.2) is 53.1 Å². The summed E-state index contributed by atoms with van der Waals surface area (Å²) < 4.78 is 5.50. The summed E-state index contributed by atoms with van der Waals surface area (Å²) in [6, 6.07) is 16.6. The average Bonchev–Trinajstić information content (AvgIpc) is 3.26. The summed E-state index contributed by atoms with van der Waals surface area (Å²) in [6.45, 7) is 10.3. The first-order valence-electron chi connectivity index (χ1n) is 11.4. The normalized spacial score (nSPS) is 16.4. The number of benzene rings is 2. The monoisotopic (exact) mass is 432 g/mol. The average molecular weight is 433 g/mol. The molecule has 1 aromatic heterocycles. The van der Waals surface area contributed by atoms with Crippen LogP contribution in [0, 0.1) is 19.8 Å². The number of carbonyl (C=O) groups excluding carboxylic acids is 1. The summed E-state index contributed by atoms with van der Waals surface area (Å²) in [5.41, 5.74) is 4.52. The van der Waals surface area contributed by atoms with Crippen LogP contribution in [-0.4, -0.2) is 40.1 Å². The molecule has 0 radical (unpaired) electrons. The molecule has 1 aliphatic heterocycles. The van der Waals surface area contributed by atoms with Crippen LogP contribution >= 0.6 is 0 Å². The Hall–Kier alpha value is -3.15. The Morgan fingerprint density at radius 2 is 1.75 bits per heavy atom. The maximum atomic E-state index is 13.5. The lowest BCUT2D eigenvalue weighted by Gasteiger charge is -2.37. The van der Waals surface area contributed by atoms with Crippen molar-refractivity contribution in [3.8, 4) is 11.4 Å². The van der Waals surface area contributed by atoms with Gasteiger partial charge in [-0.15, -0.1) is 0 Å². The van der Waals surface area contributed by atoms with E-state index in [2.05, 4.69) is 46.2 Å². The lowest BCUT2D eigenvalue weighted by molar-refractivity contribution is -0.138. The highest BCUT2D eigenvalue weighted by molar-refractivity contribution is 5.80. The van der Waals surface area contributed by atoms with Gasteiger partial charge in [0.15, 0.2) is 0 Å². The zero-order valence-electron chi connectivity index (χ0n) is 19.4. The van der Waals surface area contributed by atoms with Crippen molar-refractivity contribution >= 4 is 11.6 Å². The molecular weight excluding hydrogens is 400 g/mol. The summed E-state index contributed by atoms with van der Waals surface area (Å²) in [6.07, 6.45) is 1.91. The van der Waals surface area contributed by atoms with Crippen molar-refractivity contribution in [2.24, 2.45) is 5.92 Å². The molecule has 2 aromatic carbocycles. The second kappa shape index (κ2) is 9.55. The number of hydrogen-bond donors (Lipinski definition) is 0. The van der Waals surface area contributed by atoms with Gasteiger partial charge >= 0.3 is 0 Å². The van der Waals surface area contributed by atoms with Crippen molar-refractivity contribution in [2.45, 2.75) is 53.1 Å². The van der Waals surface area contributed by atoms with E-state index in [1.807, 2.05) is 49.9 Å². The number of aromatic nitrogens is 2. The van der Waals surface area contributed by atoms with Gasteiger partial charge in [0, 0.05) is 30.4 Å². The molecule has 0 spiro atoms. The smallest absolute Gasteiger partial charge is 0.246 e. The number of piperidine rings is 1. The van der Waals surface area contributed by atoms with Crippen LogP contribution in [0.1, 0.15) is 43.7 Å². The second-order valence-corrected chi connectivity index (χ2v) is 9.06. The van der Waals surface area contributed by atoms with E-state index in [1.165, 1.54) is 16.8 Å². The lowest BCUT2D eigenvalue weighted by Crippen LogP contribution is -2.47. The largest absolute Gasteiger partial charge is 0.371 e.